The number of anilines is 1. The minimum Gasteiger partial charge on any atom is -0.482 e. The van der Waals surface area contributed by atoms with Gasteiger partial charge in [-0.1, -0.05) is 19.9 Å². The molecule has 1 aliphatic heterocycles. The monoisotopic (exact) mass is 263 g/mol. The lowest BCUT2D eigenvalue weighted by Crippen LogP contribution is -2.35. The van der Waals surface area contributed by atoms with Gasteiger partial charge in [0.2, 0.25) is 0 Å². The van der Waals surface area contributed by atoms with Crippen molar-refractivity contribution >= 4 is 11.6 Å². The summed E-state index contributed by atoms with van der Waals surface area (Å²) in [6.45, 7) is 6.66. The van der Waals surface area contributed by atoms with Crippen molar-refractivity contribution in [2.75, 3.05) is 31.6 Å². The maximum Gasteiger partial charge on any atom is 0.262 e. The Kier molecular flexibility index (Phi) is 4.07. The second kappa shape index (κ2) is 5.59. The van der Waals surface area contributed by atoms with E-state index in [1.54, 1.807) is 0 Å². The van der Waals surface area contributed by atoms with Gasteiger partial charge in [0.1, 0.15) is 5.75 Å². The van der Waals surface area contributed by atoms with Gasteiger partial charge >= 0.3 is 0 Å². The number of nitrogens with two attached hydrogens (primary N) is 1. The number of carbonyl (C=O) groups excluding carboxylic acids is 1. The van der Waals surface area contributed by atoms with Crippen LogP contribution >= 0.6 is 0 Å². The molecule has 0 saturated carbocycles. The van der Waals surface area contributed by atoms with Crippen molar-refractivity contribution < 1.29 is 9.53 Å². The lowest BCUT2D eigenvalue weighted by molar-refractivity contribution is -0.118. The third kappa shape index (κ3) is 3.24. The van der Waals surface area contributed by atoms with E-state index in [0.717, 1.165) is 30.1 Å². The summed E-state index contributed by atoms with van der Waals surface area (Å²) < 4.78 is 5.36. The molecule has 1 aromatic carbocycles. The first-order valence-electron chi connectivity index (χ1n) is 6.51. The minimum absolute atomic E-state index is 0.0353. The van der Waals surface area contributed by atoms with E-state index >= 15 is 0 Å². The van der Waals surface area contributed by atoms with Gasteiger partial charge in [0.25, 0.3) is 5.91 Å². The largest absolute Gasteiger partial charge is 0.482 e. The van der Waals surface area contributed by atoms with Crippen molar-refractivity contribution in [2.24, 2.45) is 5.73 Å². The van der Waals surface area contributed by atoms with Crippen molar-refractivity contribution in [2.45, 2.75) is 19.3 Å². The number of amides is 1. The number of ether oxygens (including phenoxy) is 1. The SMILES string of the molecule is CC(C)(CNCCN)c1ccc2c(c1)NC(=O)CO2. The lowest BCUT2D eigenvalue weighted by atomic mass is 9.84. The topological polar surface area (TPSA) is 76.4 Å². The molecule has 5 heteroatoms. The van der Waals surface area contributed by atoms with Crippen molar-refractivity contribution in [1.82, 2.24) is 5.32 Å². The van der Waals surface area contributed by atoms with E-state index in [9.17, 15) is 4.79 Å². The van der Waals surface area contributed by atoms with Crippen LogP contribution in [-0.2, 0) is 10.2 Å². The zero-order chi connectivity index (χ0) is 13.9. The molecule has 4 N–H and O–H groups in total. The average molecular weight is 263 g/mol. The highest BCUT2D eigenvalue weighted by molar-refractivity contribution is 5.95. The maximum atomic E-state index is 11.3. The molecule has 104 valence electrons. The number of hydrogen-bond acceptors (Lipinski definition) is 4. The fourth-order valence-corrected chi connectivity index (χ4v) is 2.11. The molecule has 1 aromatic rings. The lowest BCUT2D eigenvalue weighted by Gasteiger charge is -2.28. The molecular weight excluding hydrogens is 242 g/mol. The molecule has 0 spiro atoms. The third-order valence-corrected chi connectivity index (χ3v) is 3.28. The summed E-state index contributed by atoms with van der Waals surface area (Å²) in [5.74, 6) is 0.623. The van der Waals surface area contributed by atoms with Gasteiger partial charge < -0.3 is 21.1 Å². The van der Waals surface area contributed by atoms with E-state index in [1.807, 2.05) is 18.2 Å². The summed E-state index contributed by atoms with van der Waals surface area (Å²) in [7, 11) is 0. The molecule has 0 fully saturated rings. The molecule has 5 nitrogen and oxygen atoms in total. The number of carbonyl (C=O) groups is 1. The molecule has 0 aromatic heterocycles. The molecule has 0 saturated heterocycles. The molecule has 0 atom stereocenters. The normalized spacial score (nSPS) is 14.6. The predicted octanol–water partition coefficient (Wildman–Crippen LogP) is 0.843. The van der Waals surface area contributed by atoms with Crippen LogP contribution in [0.25, 0.3) is 0 Å². The number of benzene rings is 1. The van der Waals surface area contributed by atoms with Gasteiger partial charge in [0.15, 0.2) is 6.61 Å². The summed E-state index contributed by atoms with van der Waals surface area (Å²) in [6.07, 6.45) is 0. The van der Waals surface area contributed by atoms with Crippen LogP contribution in [0.2, 0.25) is 0 Å². The standard InChI is InChI=1S/C14H21N3O2/c1-14(2,9-16-6-5-15)10-3-4-12-11(7-10)17-13(18)8-19-12/h3-4,7,16H,5-6,8-9,15H2,1-2H3,(H,17,18). The molecule has 0 bridgehead atoms. The Morgan fingerprint density at radius 3 is 3.00 bits per heavy atom. The van der Waals surface area contributed by atoms with E-state index in [0.29, 0.717) is 6.54 Å². The van der Waals surface area contributed by atoms with E-state index in [4.69, 9.17) is 10.5 Å². The Morgan fingerprint density at radius 2 is 2.26 bits per heavy atom. The summed E-state index contributed by atoms with van der Waals surface area (Å²) in [5, 5.41) is 6.15. The average Bonchev–Trinajstić information content (AvgIpc) is 2.38. The third-order valence-electron chi connectivity index (χ3n) is 3.28. The van der Waals surface area contributed by atoms with E-state index in [1.165, 1.54) is 0 Å². The van der Waals surface area contributed by atoms with E-state index in [-0.39, 0.29) is 17.9 Å². The van der Waals surface area contributed by atoms with E-state index < -0.39 is 0 Å². The quantitative estimate of drug-likeness (QED) is 0.688. The highest BCUT2D eigenvalue weighted by atomic mass is 16.5. The Hall–Kier alpha value is -1.59. The molecular formula is C14H21N3O2. The first-order chi connectivity index (χ1) is 9.03. The first-order valence-corrected chi connectivity index (χ1v) is 6.51. The van der Waals surface area contributed by atoms with Crippen LogP contribution in [0.15, 0.2) is 18.2 Å². The van der Waals surface area contributed by atoms with Crippen molar-refractivity contribution in [3.63, 3.8) is 0 Å². The molecule has 19 heavy (non-hydrogen) atoms. The zero-order valence-electron chi connectivity index (χ0n) is 11.5. The van der Waals surface area contributed by atoms with E-state index in [2.05, 4.69) is 24.5 Å². The number of fused-ring (bicyclic) bond motifs is 1. The van der Waals surface area contributed by atoms with Crippen LogP contribution in [0.5, 0.6) is 5.75 Å². The fourth-order valence-electron chi connectivity index (χ4n) is 2.11. The van der Waals surface area contributed by atoms with Crippen molar-refractivity contribution in [3.05, 3.63) is 23.8 Å². The predicted molar refractivity (Wildman–Crippen MR) is 75.5 cm³/mol. The van der Waals surface area contributed by atoms with Crippen LogP contribution in [0, 0.1) is 0 Å². The van der Waals surface area contributed by atoms with Gasteiger partial charge in [-0.05, 0) is 17.7 Å². The molecule has 0 aliphatic carbocycles. The van der Waals surface area contributed by atoms with Gasteiger partial charge in [-0.2, -0.15) is 0 Å². The smallest absolute Gasteiger partial charge is 0.262 e. The van der Waals surface area contributed by atoms with Crippen molar-refractivity contribution in [1.29, 1.82) is 0 Å². The summed E-state index contributed by atoms with van der Waals surface area (Å²) in [6, 6.07) is 5.94. The summed E-state index contributed by atoms with van der Waals surface area (Å²) in [5.41, 5.74) is 7.35. The number of hydrogen-bond donors (Lipinski definition) is 3. The number of rotatable bonds is 5. The zero-order valence-corrected chi connectivity index (χ0v) is 11.5. The molecule has 0 radical (unpaired) electrons. The van der Waals surface area contributed by atoms with Gasteiger partial charge in [0.05, 0.1) is 5.69 Å². The van der Waals surface area contributed by atoms with Crippen LogP contribution in [0.3, 0.4) is 0 Å². The maximum absolute atomic E-state index is 11.3. The van der Waals surface area contributed by atoms with Crippen molar-refractivity contribution in [3.8, 4) is 5.75 Å². The Balaban J connectivity index is 2.16. The Morgan fingerprint density at radius 1 is 1.47 bits per heavy atom. The molecule has 1 aliphatic rings. The second-order valence-electron chi connectivity index (χ2n) is 5.40. The molecule has 0 unspecified atom stereocenters. The Bertz CT molecular complexity index is 472. The summed E-state index contributed by atoms with van der Waals surface area (Å²) in [4.78, 5) is 11.3. The van der Waals surface area contributed by atoms with Crippen LogP contribution in [-0.4, -0.2) is 32.1 Å². The number of nitrogens with one attached hydrogen (secondary N) is 2. The van der Waals surface area contributed by atoms with Crippen LogP contribution in [0.1, 0.15) is 19.4 Å². The van der Waals surface area contributed by atoms with Crippen LogP contribution < -0.4 is 21.1 Å². The summed E-state index contributed by atoms with van der Waals surface area (Å²) >= 11 is 0. The fraction of sp³-hybridized carbons (Fsp3) is 0.500. The molecule has 1 heterocycles. The van der Waals surface area contributed by atoms with Gasteiger partial charge in [-0.3, -0.25) is 4.79 Å². The van der Waals surface area contributed by atoms with Gasteiger partial charge in [0, 0.05) is 25.0 Å². The first kappa shape index (κ1) is 13.8. The second-order valence-corrected chi connectivity index (χ2v) is 5.40. The minimum atomic E-state index is -0.108. The van der Waals surface area contributed by atoms with Gasteiger partial charge in [-0.25, -0.2) is 0 Å². The molecule has 2 rings (SSSR count). The Labute approximate surface area is 113 Å². The highest BCUT2D eigenvalue weighted by Crippen LogP contribution is 2.33. The highest BCUT2D eigenvalue weighted by Gasteiger charge is 2.23. The van der Waals surface area contributed by atoms with Gasteiger partial charge in [-0.15, -0.1) is 0 Å². The molecule has 1 amide bonds. The van der Waals surface area contributed by atoms with Crippen LogP contribution in [0.4, 0.5) is 5.69 Å².